The molecular weight excluding hydrogens is 338 g/mol. The number of nitrogens with zero attached hydrogens (tertiary/aromatic N) is 2. The summed E-state index contributed by atoms with van der Waals surface area (Å²) in [4.78, 5) is 14.4. The highest BCUT2D eigenvalue weighted by Gasteiger charge is 2.50. The van der Waals surface area contributed by atoms with E-state index in [4.69, 9.17) is 0 Å². The highest BCUT2D eigenvalue weighted by atomic mass is 32.2. The molecule has 0 bridgehead atoms. The molecule has 0 saturated carbocycles. The van der Waals surface area contributed by atoms with Crippen molar-refractivity contribution in [1.29, 1.82) is 0 Å². The molecule has 1 aromatic carbocycles. The van der Waals surface area contributed by atoms with E-state index in [0.717, 1.165) is 18.7 Å². The van der Waals surface area contributed by atoms with Crippen LogP contribution in [-0.4, -0.2) is 49.4 Å². The predicted molar refractivity (Wildman–Crippen MR) is 84.5 cm³/mol. The standard InChI is InChI=1S/C16H20F2N2O3S/c1-24(22,23)20-9-7-16(11-20)6-3-8-19(15(16)21)10-12-4-2-5-13(17)14(12)18/h2,4-5H,3,6-11H2,1H3/t16-/m1/s1. The second kappa shape index (κ2) is 6.07. The van der Waals surface area contributed by atoms with Crippen molar-refractivity contribution in [3.8, 4) is 0 Å². The Hall–Kier alpha value is -1.54. The molecule has 3 rings (SSSR count). The first-order valence-electron chi connectivity index (χ1n) is 7.90. The highest BCUT2D eigenvalue weighted by molar-refractivity contribution is 7.88. The summed E-state index contributed by atoms with van der Waals surface area (Å²) in [6.45, 7) is 0.970. The van der Waals surface area contributed by atoms with E-state index in [2.05, 4.69) is 0 Å². The second-order valence-corrected chi connectivity index (χ2v) is 8.65. The molecule has 132 valence electrons. The molecular formula is C16H20F2N2O3S. The SMILES string of the molecule is CS(=O)(=O)N1CC[C@]2(CCCN(Cc3cccc(F)c3F)C2=O)C1. The van der Waals surface area contributed by atoms with Crippen LogP contribution in [0, 0.1) is 17.0 Å². The number of rotatable bonds is 3. The maximum Gasteiger partial charge on any atom is 0.230 e. The van der Waals surface area contributed by atoms with E-state index in [1.165, 1.54) is 21.3 Å². The summed E-state index contributed by atoms with van der Waals surface area (Å²) in [7, 11) is -3.34. The van der Waals surface area contributed by atoms with Gasteiger partial charge in [-0.2, -0.15) is 0 Å². The van der Waals surface area contributed by atoms with Crippen molar-refractivity contribution in [2.75, 3.05) is 25.9 Å². The molecule has 0 N–H and O–H groups in total. The first kappa shape index (κ1) is 17.3. The molecule has 0 aliphatic carbocycles. The molecule has 0 unspecified atom stereocenters. The number of amides is 1. The van der Waals surface area contributed by atoms with Gasteiger partial charge in [0, 0.05) is 31.7 Å². The van der Waals surface area contributed by atoms with Crippen LogP contribution in [0.4, 0.5) is 8.78 Å². The average molecular weight is 358 g/mol. The molecule has 2 aliphatic heterocycles. The molecule has 0 aromatic heterocycles. The summed E-state index contributed by atoms with van der Waals surface area (Å²) in [5.74, 6) is -2.03. The number of carbonyl (C=O) groups excluding carboxylic acids is 1. The fraction of sp³-hybridized carbons (Fsp3) is 0.562. The van der Waals surface area contributed by atoms with Crippen molar-refractivity contribution in [3.63, 3.8) is 0 Å². The predicted octanol–water partition coefficient (Wildman–Crippen LogP) is 1.74. The van der Waals surface area contributed by atoms with Crippen LogP contribution in [0.15, 0.2) is 18.2 Å². The Labute approximate surface area is 140 Å². The summed E-state index contributed by atoms with van der Waals surface area (Å²) < 4.78 is 52.0. The number of carbonyl (C=O) groups is 1. The monoisotopic (exact) mass is 358 g/mol. The van der Waals surface area contributed by atoms with Gasteiger partial charge in [0.1, 0.15) is 0 Å². The largest absolute Gasteiger partial charge is 0.338 e. The number of hydrogen-bond acceptors (Lipinski definition) is 3. The van der Waals surface area contributed by atoms with Gasteiger partial charge in [-0.15, -0.1) is 0 Å². The van der Waals surface area contributed by atoms with Crippen LogP contribution in [0.5, 0.6) is 0 Å². The van der Waals surface area contributed by atoms with Crippen LogP contribution < -0.4 is 0 Å². The third-order valence-electron chi connectivity index (χ3n) is 5.00. The number of hydrogen-bond donors (Lipinski definition) is 0. The van der Waals surface area contributed by atoms with E-state index in [1.54, 1.807) is 0 Å². The van der Waals surface area contributed by atoms with Crippen LogP contribution >= 0.6 is 0 Å². The fourth-order valence-electron chi connectivity index (χ4n) is 3.68. The maximum atomic E-state index is 13.9. The topological polar surface area (TPSA) is 57.7 Å². The zero-order valence-electron chi connectivity index (χ0n) is 13.5. The number of piperidine rings is 1. The Morgan fingerprint density at radius 2 is 1.96 bits per heavy atom. The third-order valence-corrected chi connectivity index (χ3v) is 6.25. The van der Waals surface area contributed by atoms with E-state index in [1.807, 2.05) is 0 Å². The van der Waals surface area contributed by atoms with Crippen molar-refractivity contribution in [2.45, 2.75) is 25.8 Å². The summed E-state index contributed by atoms with van der Waals surface area (Å²) in [6.07, 6.45) is 2.96. The van der Waals surface area contributed by atoms with E-state index in [-0.39, 0.29) is 24.6 Å². The van der Waals surface area contributed by atoms with Gasteiger partial charge in [0.05, 0.1) is 11.7 Å². The van der Waals surface area contributed by atoms with Gasteiger partial charge in [-0.05, 0) is 25.3 Å². The molecule has 5 nitrogen and oxygen atoms in total. The third kappa shape index (κ3) is 3.04. The van der Waals surface area contributed by atoms with Gasteiger partial charge in [0.2, 0.25) is 15.9 Å². The van der Waals surface area contributed by atoms with Gasteiger partial charge < -0.3 is 4.90 Å². The van der Waals surface area contributed by atoms with Crippen molar-refractivity contribution >= 4 is 15.9 Å². The number of sulfonamides is 1. The van der Waals surface area contributed by atoms with Crippen molar-refractivity contribution in [1.82, 2.24) is 9.21 Å². The van der Waals surface area contributed by atoms with Crippen LogP contribution in [0.25, 0.3) is 0 Å². The van der Waals surface area contributed by atoms with Gasteiger partial charge >= 0.3 is 0 Å². The van der Waals surface area contributed by atoms with Crippen LogP contribution in [-0.2, 0) is 21.4 Å². The molecule has 2 saturated heterocycles. The number of benzene rings is 1. The van der Waals surface area contributed by atoms with Crippen LogP contribution in [0.2, 0.25) is 0 Å². The number of likely N-dealkylation sites (tertiary alicyclic amines) is 1. The quantitative estimate of drug-likeness (QED) is 0.827. The average Bonchev–Trinajstić information content (AvgIpc) is 2.94. The molecule has 1 atom stereocenters. The molecule has 8 heteroatoms. The summed E-state index contributed by atoms with van der Waals surface area (Å²) in [5, 5.41) is 0. The van der Waals surface area contributed by atoms with Gasteiger partial charge in [-0.3, -0.25) is 4.79 Å². The molecule has 2 fully saturated rings. The first-order chi connectivity index (χ1) is 11.2. The Kier molecular flexibility index (Phi) is 4.37. The normalized spacial score (nSPS) is 25.6. The molecule has 2 heterocycles. The van der Waals surface area contributed by atoms with E-state index in [0.29, 0.717) is 25.9 Å². The Balaban J connectivity index is 1.80. The lowest BCUT2D eigenvalue weighted by molar-refractivity contribution is -0.146. The lowest BCUT2D eigenvalue weighted by atomic mass is 9.78. The van der Waals surface area contributed by atoms with Gasteiger partial charge in [-0.25, -0.2) is 21.5 Å². The highest BCUT2D eigenvalue weighted by Crippen LogP contribution is 2.41. The zero-order valence-corrected chi connectivity index (χ0v) is 14.3. The summed E-state index contributed by atoms with van der Waals surface area (Å²) in [5.41, 5.74) is -0.594. The molecule has 1 spiro atoms. The molecule has 24 heavy (non-hydrogen) atoms. The van der Waals surface area contributed by atoms with Crippen LogP contribution in [0.1, 0.15) is 24.8 Å². The van der Waals surface area contributed by atoms with Gasteiger partial charge in [0.15, 0.2) is 11.6 Å². The van der Waals surface area contributed by atoms with Crippen molar-refractivity contribution in [3.05, 3.63) is 35.4 Å². The number of halogens is 2. The molecule has 0 radical (unpaired) electrons. The first-order valence-corrected chi connectivity index (χ1v) is 9.75. The Bertz CT molecular complexity index is 769. The lowest BCUT2D eigenvalue weighted by Crippen LogP contribution is -2.50. The van der Waals surface area contributed by atoms with E-state index >= 15 is 0 Å². The minimum atomic E-state index is -3.34. The Morgan fingerprint density at radius 1 is 1.21 bits per heavy atom. The minimum Gasteiger partial charge on any atom is -0.338 e. The molecule has 2 aliphatic rings. The minimum absolute atomic E-state index is 0.00303. The van der Waals surface area contributed by atoms with Crippen molar-refractivity contribution < 1.29 is 22.0 Å². The Morgan fingerprint density at radius 3 is 2.62 bits per heavy atom. The van der Waals surface area contributed by atoms with E-state index < -0.39 is 27.1 Å². The molecule has 1 aromatic rings. The van der Waals surface area contributed by atoms with Gasteiger partial charge in [-0.1, -0.05) is 12.1 Å². The van der Waals surface area contributed by atoms with Gasteiger partial charge in [0.25, 0.3) is 0 Å². The lowest BCUT2D eigenvalue weighted by Gasteiger charge is -2.39. The molecule has 1 amide bonds. The van der Waals surface area contributed by atoms with Crippen LogP contribution in [0.3, 0.4) is 0 Å². The zero-order chi connectivity index (χ0) is 17.5. The summed E-state index contributed by atoms with van der Waals surface area (Å²) in [6, 6.07) is 3.92. The maximum absolute atomic E-state index is 13.9. The second-order valence-electron chi connectivity index (χ2n) is 6.67. The fourth-order valence-corrected chi connectivity index (χ4v) is 4.58. The smallest absolute Gasteiger partial charge is 0.230 e. The summed E-state index contributed by atoms with van der Waals surface area (Å²) >= 11 is 0. The van der Waals surface area contributed by atoms with E-state index in [9.17, 15) is 22.0 Å². The van der Waals surface area contributed by atoms with Crippen molar-refractivity contribution in [2.24, 2.45) is 5.41 Å².